The first kappa shape index (κ1) is 17.9. The second-order valence-corrected chi connectivity index (χ2v) is 6.13. The van der Waals surface area contributed by atoms with Crippen LogP contribution in [0.4, 0.5) is 15.8 Å². The molecule has 0 aliphatic heterocycles. The Labute approximate surface area is 143 Å². The lowest BCUT2D eigenvalue weighted by Crippen LogP contribution is -2.25. The standard InChI is InChI=1S/C19H25FN4/c1-13-7-6-8-17(14(13)2)23-15(3)22-12-24(5)19-10-9-16(20)11-18(19)21-4/h6,8-11,13H,4,7,12H2,1-3,5H3,(H,22,23). The van der Waals surface area contributed by atoms with E-state index in [-0.39, 0.29) is 5.82 Å². The van der Waals surface area contributed by atoms with Crippen LogP contribution in [0.25, 0.3) is 0 Å². The smallest absolute Gasteiger partial charge is 0.125 e. The van der Waals surface area contributed by atoms with Crippen molar-refractivity contribution in [1.29, 1.82) is 0 Å². The van der Waals surface area contributed by atoms with Crippen molar-refractivity contribution in [3.63, 3.8) is 0 Å². The summed E-state index contributed by atoms with van der Waals surface area (Å²) in [7, 11) is 1.89. The lowest BCUT2D eigenvalue weighted by molar-refractivity contribution is 0.628. The summed E-state index contributed by atoms with van der Waals surface area (Å²) >= 11 is 0. The zero-order valence-electron chi connectivity index (χ0n) is 14.8. The lowest BCUT2D eigenvalue weighted by atomic mass is 9.93. The van der Waals surface area contributed by atoms with Crippen LogP contribution in [0.5, 0.6) is 0 Å². The zero-order valence-corrected chi connectivity index (χ0v) is 14.8. The van der Waals surface area contributed by atoms with Gasteiger partial charge in [-0.2, -0.15) is 0 Å². The number of amidine groups is 1. The quantitative estimate of drug-likeness (QED) is 0.641. The summed E-state index contributed by atoms with van der Waals surface area (Å²) in [6, 6.07) is 4.48. The number of aliphatic imine (C=N–C) groups is 2. The first-order valence-corrected chi connectivity index (χ1v) is 8.05. The molecule has 0 saturated carbocycles. The Morgan fingerprint density at radius 1 is 1.46 bits per heavy atom. The van der Waals surface area contributed by atoms with Crippen molar-refractivity contribution in [1.82, 2.24) is 5.32 Å². The minimum atomic E-state index is -0.323. The highest BCUT2D eigenvalue weighted by Crippen LogP contribution is 2.28. The second kappa shape index (κ2) is 7.90. The van der Waals surface area contributed by atoms with Gasteiger partial charge in [-0.25, -0.2) is 4.39 Å². The second-order valence-electron chi connectivity index (χ2n) is 6.13. The number of halogens is 1. The van der Waals surface area contributed by atoms with Crippen molar-refractivity contribution in [2.75, 3.05) is 18.6 Å². The van der Waals surface area contributed by atoms with Gasteiger partial charge in [0.05, 0.1) is 17.2 Å². The Bertz CT molecular complexity index is 703. The molecule has 1 aliphatic carbocycles. The number of rotatable bonds is 5. The van der Waals surface area contributed by atoms with Gasteiger partial charge in [0.2, 0.25) is 0 Å². The number of nitrogens with one attached hydrogen (secondary N) is 1. The third kappa shape index (κ3) is 4.31. The molecule has 1 unspecified atom stereocenters. The van der Waals surface area contributed by atoms with Crippen molar-refractivity contribution in [2.24, 2.45) is 15.9 Å². The molecule has 5 heteroatoms. The van der Waals surface area contributed by atoms with Gasteiger partial charge in [0, 0.05) is 18.8 Å². The van der Waals surface area contributed by atoms with Crippen LogP contribution in [0.15, 0.2) is 51.6 Å². The molecule has 0 amide bonds. The van der Waals surface area contributed by atoms with E-state index in [1.54, 1.807) is 6.07 Å². The number of hydrogen-bond donors (Lipinski definition) is 1. The van der Waals surface area contributed by atoms with Gasteiger partial charge in [0.1, 0.15) is 12.5 Å². The summed E-state index contributed by atoms with van der Waals surface area (Å²) in [5.41, 5.74) is 3.77. The normalized spacial score (nSPS) is 17.9. The van der Waals surface area contributed by atoms with E-state index < -0.39 is 0 Å². The van der Waals surface area contributed by atoms with E-state index in [1.807, 2.05) is 18.9 Å². The number of nitrogens with zero attached hydrogens (tertiary/aromatic N) is 3. The average Bonchev–Trinajstić information content (AvgIpc) is 2.56. The first-order chi connectivity index (χ1) is 11.4. The van der Waals surface area contributed by atoms with Crippen molar-refractivity contribution < 1.29 is 4.39 Å². The van der Waals surface area contributed by atoms with Crippen LogP contribution in [0.2, 0.25) is 0 Å². The Morgan fingerprint density at radius 3 is 2.92 bits per heavy atom. The summed E-state index contributed by atoms with van der Waals surface area (Å²) in [6.07, 6.45) is 5.37. The predicted molar refractivity (Wildman–Crippen MR) is 101 cm³/mol. The maximum absolute atomic E-state index is 13.3. The molecule has 1 aromatic carbocycles. The Balaban J connectivity index is 2.06. The van der Waals surface area contributed by atoms with Crippen LogP contribution in [0.3, 0.4) is 0 Å². The van der Waals surface area contributed by atoms with Gasteiger partial charge >= 0.3 is 0 Å². The molecule has 1 aromatic rings. The molecule has 128 valence electrons. The SMILES string of the molecule is C=Nc1cc(F)ccc1N(C)CN=C(C)NC1=C(C)C(C)CC=C1. The summed E-state index contributed by atoms with van der Waals surface area (Å²) in [5, 5.41) is 3.36. The number of hydrogen-bond acceptors (Lipinski definition) is 3. The van der Waals surface area contributed by atoms with Crippen LogP contribution < -0.4 is 10.2 Å². The zero-order chi connectivity index (χ0) is 17.7. The van der Waals surface area contributed by atoms with Crippen molar-refractivity contribution in [3.05, 3.63) is 47.4 Å². The van der Waals surface area contributed by atoms with Gasteiger partial charge in [-0.1, -0.05) is 13.0 Å². The van der Waals surface area contributed by atoms with Crippen LogP contribution in [-0.4, -0.2) is 26.3 Å². The number of allylic oxidation sites excluding steroid dienone is 3. The van der Waals surface area contributed by atoms with E-state index in [4.69, 9.17) is 0 Å². The summed E-state index contributed by atoms with van der Waals surface area (Å²) in [6.45, 7) is 10.3. The Hall–Kier alpha value is -2.43. The monoisotopic (exact) mass is 328 g/mol. The molecular formula is C19H25FN4. The van der Waals surface area contributed by atoms with Crippen LogP contribution in [0, 0.1) is 11.7 Å². The van der Waals surface area contributed by atoms with Crippen LogP contribution >= 0.6 is 0 Å². The molecule has 24 heavy (non-hydrogen) atoms. The molecule has 0 radical (unpaired) electrons. The highest BCUT2D eigenvalue weighted by molar-refractivity contribution is 5.82. The summed E-state index contributed by atoms with van der Waals surface area (Å²) in [4.78, 5) is 10.4. The van der Waals surface area contributed by atoms with E-state index in [1.165, 1.54) is 17.7 Å². The molecule has 0 saturated heterocycles. The molecule has 1 atom stereocenters. The minimum absolute atomic E-state index is 0.323. The largest absolute Gasteiger partial charge is 0.353 e. The van der Waals surface area contributed by atoms with E-state index >= 15 is 0 Å². The minimum Gasteiger partial charge on any atom is -0.353 e. The van der Waals surface area contributed by atoms with Gasteiger partial charge in [0.25, 0.3) is 0 Å². The molecule has 0 heterocycles. The third-order valence-corrected chi connectivity index (χ3v) is 4.29. The molecule has 2 rings (SSSR count). The van der Waals surface area contributed by atoms with Gasteiger partial charge < -0.3 is 10.2 Å². The molecule has 0 aromatic heterocycles. The topological polar surface area (TPSA) is 40.0 Å². The predicted octanol–water partition coefficient (Wildman–Crippen LogP) is 4.43. The maximum Gasteiger partial charge on any atom is 0.125 e. The van der Waals surface area contributed by atoms with E-state index in [2.05, 4.69) is 48.0 Å². The molecular weight excluding hydrogens is 303 g/mol. The fourth-order valence-corrected chi connectivity index (χ4v) is 2.57. The van der Waals surface area contributed by atoms with Crippen molar-refractivity contribution in [3.8, 4) is 0 Å². The van der Waals surface area contributed by atoms with E-state index in [0.717, 1.165) is 23.6 Å². The highest BCUT2D eigenvalue weighted by Gasteiger charge is 2.12. The summed E-state index contributed by atoms with van der Waals surface area (Å²) < 4.78 is 13.3. The molecule has 0 fully saturated rings. The van der Waals surface area contributed by atoms with E-state index in [0.29, 0.717) is 18.3 Å². The lowest BCUT2D eigenvalue weighted by Gasteiger charge is -2.21. The fourth-order valence-electron chi connectivity index (χ4n) is 2.57. The average molecular weight is 328 g/mol. The maximum atomic E-state index is 13.3. The number of benzene rings is 1. The Morgan fingerprint density at radius 2 is 2.21 bits per heavy atom. The van der Waals surface area contributed by atoms with Gasteiger partial charge in [0.15, 0.2) is 0 Å². The van der Waals surface area contributed by atoms with Gasteiger partial charge in [-0.15, -0.1) is 0 Å². The Kier molecular flexibility index (Phi) is 5.90. The first-order valence-electron chi connectivity index (χ1n) is 8.05. The van der Waals surface area contributed by atoms with Crippen molar-refractivity contribution >= 4 is 23.9 Å². The van der Waals surface area contributed by atoms with Gasteiger partial charge in [-0.3, -0.25) is 9.98 Å². The van der Waals surface area contributed by atoms with E-state index in [9.17, 15) is 4.39 Å². The number of anilines is 1. The molecule has 0 spiro atoms. The van der Waals surface area contributed by atoms with Crippen LogP contribution in [0.1, 0.15) is 27.2 Å². The fraction of sp³-hybridized carbons (Fsp3) is 0.368. The highest BCUT2D eigenvalue weighted by atomic mass is 19.1. The molecule has 4 nitrogen and oxygen atoms in total. The van der Waals surface area contributed by atoms with Gasteiger partial charge in [-0.05, 0) is 56.7 Å². The molecule has 0 bridgehead atoms. The third-order valence-electron chi connectivity index (χ3n) is 4.29. The van der Waals surface area contributed by atoms with Crippen LogP contribution in [-0.2, 0) is 0 Å². The van der Waals surface area contributed by atoms with Crippen molar-refractivity contribution in [2.45, 2.75) is 27.2 Å². The molecule has 1 N–H and O–H groups in total. The summed E-state index contributed by atoms with van der Waals surface area (Å²) in [5.74, 6) is 1.06. The molecule has 1 aliphatic rings.